The van der Waals surface area contributed by atoms with Crippen molar-refractivity contribution in [2.75, 3.05) is 13.1 Å². The summed E-state index contributed by atoms with van der Waals surface area (Å²) in [5.74, 6) is 1.27. The first-order valence-electron chi connectivity index (χ1n) is 8.01. The highest BCUT2D eigenvalue weighted by Gasteiger charge is 2.26. The van der Waals surface area contributed by atoms with E-state index < -0.39 is 0 Å². The Labute approximate surface area is 124 Å². The molecule has 2 aromatic heterocycles. The summed E-state index contributed by atoms with van der Waals surface area (Å²) < 4.78 is 2.23. The number of carbonyl (C=O) groups is 1. The first kappa shape index (κ1) is 13.0. The number of nitrogens with zero attached hydrogens (tertiary/aromatic N) is 2. The Hall–Kier alpha value is -1.68. The number of piperidine rings is 1. The predicted molar refractivity (Wildman–Crippen MR) is 82.7 cm³/mol. The van der Waals surface area contributed by atoms with Gasteiger partial charge in [-0.3, -0.25) is 9.78 Å². The van der Waals surface area contributed by atoms with Gasteiger partial charge in [-0.05, 0) is 56.8 Å². The van der Waals surface area contributed by atoms with E-state index in [9.17, 15) is 4.79 Å². The fourth-order valence-corrected chi connectivity index (χ4v) is 3.51. The van der Waals surface area contributed by atoms with Gasteiger partial charge in [-0.25, -0.2) is 0 Å². The molecule has 0 radical (unpaired) electrons. The minimum atomic E-state index is 0.516. The maximum Gasteiger partial charge on any atom is 0.166 e. The van der Waals surface area contributed by atoms with Crippen molar-refractivity contribution in [1.82, 2.24) is 14.9 Å². The first-order chi connectivity index (χ1) is 10.4. The third-order valence-corrected chi connectivity index (χ3v) is 4.85. The van der Waals surface area contributed by atoms with E-state index in [1.165, 1.54) is 29.4 Å². The van der Waals surface area contributed by atoms with Gasteiger partial charge in [0.1, 0.15) is 0 Å². The zero-order valence-corrected chi connectivity index (χ0v) is 12.2. The lowest BCUT2D eigenvalue weighted by Gasteiger charge is -2.23. The van der Waals surface area contributed by atoms with Gasteiger partial charge in [-0.15, -0.1) is 0 Å². The summed E-state index contributed by atoms with van der Waals surface area (Å²) in [6, 6.07) is 4.06. The van der Waals surface area contributed by atoms with Crippen molar-refractivity contribution in [2.45, 2.75) is 38.1 Å². The van der Waals surface area contributed by atoms with Crippen molar-refractivity contribution >= 4 is 17.2 Å². The van der Waals surface area contributed by atoms with E-state index in [0.29, 0.717) is 5.92 Å². The van der Waals surface area contributed by atoms with Crippen molar-refractivity contribution in [2.24, 2.45) is 5.92 Å². The molecule has 0 unspecified atom stereocenters. The van der Waals surface area contributed by atoms with Gasteiger partial charge in [-0.2, -0.15) is 0 Å². The molecule has 0 amide bonds. The molecule has 0 atom stereocenters. The number of nitrogens with one attached hydrogen (secondary N) is 1. The minimum Gasteiger partial charge on any atom is -0.337 e. The van der Waals surface area contributed by atoms with Crippen LogP contribution in [0.25, 0.3) is 10.9 Å². The van der Waals surface area contributed by atoms with Crippen molar-refractivity contribution in [3.8, 4) is 0 Å². The topological polar surface area (TPSA) is 46.9 Å². The smallest absolute Gasteiger partial charge is 0.166 e. The molecule has 4 rings (SSSR count). The largest absolute Gasteiger partial charge is 0.337 e. The van der Waals surface area contributed by atoms with Gasteiger partial charge in [-0.1, -0.05) is 0 Å². The summed E-state index contributed by atoms with van der Waals surface area (Å²) in [5, 5.41) is 4.58. The lowest BCUT2D eigenvalue weighted by atomic mass is 9.93. The Bertz CT molecular complexity index is 666. The van der Waals surface area contributed by atoms with Gasteiger partial charge in [0.2, 0.25) is 0 Å². The highest BCUT2D eigenvalue weighted by molar-refractivity contribution is 5.90. The molecule has 2 aliphatic rings. The molecule has 3 heterocycles. The van der Waals surface area contributed by atoms with E-state index in [1.54, 1.807) is 0 Å². The van der Waals surface area contributed by atoms with Crippen molar-refractivity contribution in [1.29, 1.82) is 0 Å². The third-order valence-electron chi connectivity index (χ3n) is 4.85. The zero-order valence-electron chi connectivity index (χ0n) is 12.2. The number of hydrogen-bond donors (Lipinski definition) is 1. The third kappa shape index (κ3) is 2.38. The molecule has 0 spiro atoms. The van der Waals surface area contributed by atoms with E-state index >= 15 is 0 Å². The fourth-order valence-electron chi connectivity index (χ4n) is 3.51. The highest BCUT2D eigenvalue weighted by Crippen LogP contribution is 2.36. The molecule has 2 fully saturated rings. The number of rotatable bonds is 4. The van der Waals surface area contributed by atoms with Crippen molar-refractivity contribution < 1.29 is 4.79 Å². The van der Waals surface area contributed by atoms with Gasteiger partial charge >= 0.3 is 0 Å². The quantitative estimate of drug-likeness (QED) is 0.878. The summed E-state index contributed by atoms with van der Waals surface area (Å²) in [6.07, 6.45) is 7.75. The summed E-state index contributed by atoms with van der Waals surface area (Å²) >= 11 is 0. The van der Waals surface area contributed by atoms with Crippen LogP contribution in [0, 0.1) is 5.92 Å². The van der Waals surface area contributed by atoms with Crippen LogP contribution in [-0.2, 0) is 6.54 Å². The standard InChI is InChI=1S/C17H21N3O/c21-11-15-9-14-5-8-19-16(13-3-6-18-7-4-13)17(14)20(15)10-12-1-2-12/h5,8-9,11-13,18H,1-4,6-7,10H2. The molecule has 1 saturated carbocycles. The van der Waals surface area contributed by atoms with Gasteiger partial charge in [0.25, 0.3) is 0 Å². The molecular formula is C17H21N3O. The average Bonchev–Trinajstić information content (AvgIpc) is 3.28. The maximum atomic E-state index is 11.4. The second kappa shape index (κ2) is 5.26. The predicted octanol–water partition coefficient (Wildman–Crippen LogP) is 2.73. The Balaban J connectivity index is 1.84. The number of aromatic nitrogens is 2. The molecule has 1 aliphatic heterocycles. The summed E-state index contributed by atoms with van der Waals surface area (Å²) in [7, 11) is 0. The number of pyridine rings is 1. The van der Waals surface area contributed by atoms with Crippen LogP contribution in [-0.4, -0.2) is 28.9 Å². The number of carbonyl (C=O) groups excluding carboxylic acids is 1. The van der Waals surface area contributed by atoms with Gasteiger partial charge in [0, 0.05) is 24.0 Å². The van der Waals surface area contributed by atoms with Crippen LogP contribution in [0.5, 0.6) is 0 Å². The molecule has 1 aliphatic carbocycles. The molecule has 0 bridgehead atoms. The fraction of sp³-hybridized carbons (Fsp3) is 0.529. The number of fused-ring (bicyclic) bond motifs is 1. The van der Waals surface area contributed by atoms with Crippen LogP contribution in [0.2, 0.25) is 0 Å². The second-order valence-corrected chi connectivity index (χ2v) is 6.40. The lowest BCUT2D eigenvalue weighted by molar-refractivity contribution is 0.111. The molecule has 21 heavy (non-hydrogen) atoms. The van der Waals surface area contributed by atoms with E-state index in [0.717, 1.165) is 50.4 Å². The van der Waals surface area contributed by atoms with E-state index in [-0.39, 0.29) is 0 Å². The van der Waals surface area contributed by atoms with Gasteiger partial charge < -0.3 is 9.88 Å². The highest BCUT2D eigenvalue weighted by atomic mass is 16.1. The normalized spacial score (nSPS) is 20.0. The van der Waals surface area contributed by atoms with Crippen LogP contribution in [0.15, 0.2) is 18.3 Å². The molecule has 4 heteroatoms. The zero-order chi connectivity index (χ0) is 14.2. The van der Waals surface area contributed by atoms with Crippen LogP contribution in [0.4, 0.5) is 0 Å². The molecule has 1 N–H and O–H groups in total. The second-order valence-electron chi connectivity index (χ2n) is 6.40. The molecule has 110 valence electrons. The SMILES string of the molecule is O=Cc1cc2ccnc(C3CCNCC3)c2n1CC1CC1. The minimum absolute atomic E-state index is 0.516. The van der Waals surface area contributed by atoms with Gasteiger partial charge in [0.15, 0.2) is 6.29 Å². The molecule has 1 saturated heterocycles. The maximum absolute atomic E-state index is 11.4. The number of hydrogen-bond acceptors (Lipinski definition) is 3. The van der Waals surface area contributed by atoms with Crippen LogP contribution in [0.1, 0.15) is 47.8 Å². The van der Waals surface area contributed by atoms with Crippen LogP contribution >= 0.6 is 0 Å². The van der Waals surface area contributed by atoms with Crippen LogP contribution < -0.4 is 5.32 Å². The molecule has 0 aromatic carbocycles. The van der Waals surface area contributed by atoms with Crippen molar-refractivity contribution in [3.63, 3.8) is 0 Å². The van der Waals surface area contributed by atoms with Crippen molar-refractivity contribution in [3.05, 3.63) is 29.7 Å². The Morgan fingerprint density at radius 2 is 2.10 bits per heavy atom. The molecular weight excluding hydrogens is 262 g/mol. The lowest BCUT2D eigenvalue weighted by Crippen LogP contribution is -2.27. The molecule has 4 nitrogen and oxygen atoms in total. The van der Waals surface area contributed by atoms with E-state index in [2.05, 4.69) is 9.88 Å². The van der Waals surface area contributed by atoms with Crippen LogP contribution in [0.3, 0.4) is 0 Å². The van der Waals surface area contributed by atoms with Gasteiger partial charge in [0.05, 0.1) is 16.9 Å². The summed E-state index contributed by atoms with van der Waals surface area (Å²) in [5.41, 5.74) is 3.21. The Morgan fingerprint density at radius 3 is 2.81 bits per heavy atom. The monoisotopic (exact) mass is 283 g/mol. The number of aldehydes is 1. The molecule has 2 aromatic rings. The first-order valence-corrected chi connectivity index (χ1v) is 8.01. The summed E-state index contributed by atoms with van der Waals surface area (Å²) in [4.78, 5) is 16.1. The van der Waals surface area contributed by atoms with E-state index in [4.69, 9.17) is 4.98 Å². The average molecular weight is 283 g/mol. The Morgan fingerprint density at radius 1 is 1.29 bits per heavy atom. The van der Waals surface area contributed by atoms with E-state index in [1.807, 2.05) is 18.3 Å². The summed E-state index contributed by atoms with van der Waals surface area (Å²) in [6.45, 7) is 3.10. The Kier molecular flexibility index (Phi) is 3.26.